The van der Waals surface area contributed by atoms with Gasteiger partial charge >= 0.3 is 0 Å². The van der Waals surface area contributed by atoms with Crippen molar-refractivity contribution in [2.24, 2.45) is 0 Å². The first-order valence-electron chi connectivity index (χ1n) is 5.35. The molecule has 0 radical (unpaired) electrons. The van der Waals surface area contributed by atoms with Crippen molar-refractivity contribution >= 4 is 18.0 Å². The topological polar surface area (TPSA) is 26.3 Å². The Morgan fingerprint density at radius 3 is 2.62 bits per heavy atom. The lowest BCUT2D eigenvalue weighted by Crippen LogP contribution is -1.97. The summed E-state index contributed by atoms with van der Waals surface area (Å²) in [5, 5.41) is 0. The van der Waals surface area contributed by atoms with Crippen molar-refractivity contribution in [1.82, 2.24) is 0 Å². The Labute approximate surface area is 101 Å². The normalized spacial score (nSPS) is 10.6. The van der Waals surface area contributed by atoms with Crippen LogP contribution in [0.15, 0.2) is 17.0 Å². The van der Waals surface area contributed by atoms with Crippen molar-refractivity contribution in [3.8, 4) is 5.75 Å². The average Bonchev–Trinajstić information content (AvgIpc) is 2.26. The third kappa shape index (κ3) is 3.01. The Kier molecular flexibility index (Phi) is 4.87. The molecule has 0 atom stereocenters. The Bertz CT molecular complexity index is 372. The van der Waals surface area contributed by atoms with Crippen LogP contribution in [0.25, 0.3) is 0 Å². The highest BCUT2D eigenvalue weighted by atomic mass is 32.2. The third-order valence-electron chi connectivity index (χ3n) is 2.46. The highest BCUT2D eigenvalue weighted by Crippen LogP contribution is 2.33. The molecule has 88 valence electrons. The number of aryl methyl sites for hydroxylation is 1. The predicted octanol–water partition coefficient (Wildman–Crippen LogP) is 3.42. The van der Waals surface area contributed by atoms with Crippen LogP contribution in [-0.4, -0.2) is 19.1 Å². The molecule has 0 N–H and O–H groups in total. The second kappa shape index (κ2) is 5.94. The summed E-state index contributed by atoms with van der Waals surface area (Å²) < 4.78 is 5.37. The van der Waals surface area contributed by atoms with Crippen LogP contribution in [0, 0.1) is 6.92 Å². The summed E-state index contributed by atoms with van der Waals surface area (Å²) in [6.07, 6.45) is 0.934. The SMILES string of the molecule is COc1cc(C)c(SCC=O)cc1C(C)C. The quantitative estimate of drug-likeness (QED) is 0.581. The fourth-order valence-corrected chi connectivity index (χ4v) is 2.33. The van der Waals surface area contributed by atoms with Gasteiger partial charge in [0.1, 0.15) is 12.0 Å². The van der Waals surface area contributed by atoms with E-state index in [0.717, 1.165) is 22.5 Å². The first kappa shape index (κ1) is 13.1. The monoisotopic (exact) mass is 238 g/mol. The summed E-state index contributed by atoms with van der Waals surface area (Å²) in [5.41, 5.74) is 2.36. The molecule has 16 heavy (non-hydrogen) atoms. The van der Waals surface area contributed by atoms with Crippen LogP contribution < -0.4 is 4.74 Å². The van der Waals surface area contributed by atoms with Crippen molar-refractivity contribution in [1.29, 1.82) is 0 Å². The van der Waals surface area contributed by atoms with Crippen LogP contribution in [0.3, 0.4) is 0 Å². The molecule has 0 saturated carbocycles. The van der Waals surface area contributed by atoms with Gasteiger partial charge in [-0.3, -0.25) is 0 Å². The van der Waals surface area contributed by atoms with Crippen molar-refractivity contribution in [2.45, 2.75) is 31.6 Å². The minimum Gasteiger partial charge on any atom is -0.496 e. The van der Waals surface area contributed by atoms with E-state index in [1.54, 1.807) is 18.9 Å². The lowest BCUT2D eigenvalue weighted by molar-refractivity contribution is -0.105. The summed E-state index contributed by atoms with van der Waals surface area (Å²) in [6, 6.07) is 4.18. The largest absolute Gasteiger partial charge is 0.496 e. The van der Waals surface area contributed by atoms with E-state index in [9.17, 15) is 4.79 Å². The minimum absolute atomic E-state index is 0.422. The maximum absolute atomic E-state index is 10.4. The Morgan fingerprint density at radius 2 is 2.12 bits per heavy atom. The summed E-state index contributed by atoms with van der Waals surface area (Å²) >= 11 is 1.57. The summed E-state index contributed by atoms with van der Waals surface area (Å²) in [6.45, 7) is 6.32. The van der Waals surface area contributed by atoms with E-state index in [2.05, 4.69) is 19.9 Å². The van der Waals surface area contributed by atoms with Gasteiger partial charge in [-0.2, -0.15) is 0 Å². The van der Waals surface area contributed by atoms with Crippen LogP contribution >= 0.6 is 11.8 Å². The van der Waals surface area contributed by atoms with Gasteiger partial charge < -0.3 is 9.53 Å². The first-order valence-corrected chi connectivity index (χ1v) is 6.33. The van der Waals surface area contributed by atoms with Crippen LogP contribution in [0.2, 0.25) is 0 Å². The highest BCUT2D eigenvalue weighted by molar-refractivity contribution is 8.00. The Morgan fingerprint density at radius 1 is 1.44 bits per heavy atom. The number of ether oxygens (including phenoxy) is 1. The fraction of sp³-hybridized carbons (Fsp3) is 0.462. The molecule has 0 spiro atoms. The molecule has 1 rings (SSSR count). The summed E-state index contributed by atoms with van der Waals surface area (Å²) in [5.74, 6) is 1.86. The Hall–Kier alpha value is -0.960. The molecule has 0 amide bonds. The first-order chi connectivity index (χ1) is 7.60. The number of thioether (sulfide) groups is 1. The molecular weight excluding hydrogens is 220 g/mol. The van der Waals surface area contributed by atoms with E-state index < -0.39 is 0 Å². The maximum Gasteiger partial charge on any atom is 0.130 e. The van der Waals surface area contributed by atoms with Crippen LogP contribution in [0.4, 0.5) is 0 Å². The second-order valence-electron chi connectivity index (χ2n) is 3.99. The van der Waals surface area contributed by atoms with E-state index >= 15 is 0 Å². The molecule has 0 saturated heterocycles. The zero-order valence-corrected chi connectivity index (χ0v) is 11.1. The van der Waals surface area contributed by atoms with E-state index in [4.69, 9.17) is 4.74 Å². The van der Waals surface area contributed by atoms with Crippen molar-refractivity contribution in [3.63, 3.8) is 0 Å². The van der Waals surface area contributed by atoms with Gasteiger partial charge in [-0.25, -0.2) is 0 Å². The number of methoxy groups -OCH3 is 1. The van der Waals surface area contributed by atoms with Gasteiger partial charge in [0.15, 0.2) is 0 Å². The smallest absolute Gasteiger partial charge is 0.130 e. The van der Waals surface area contributed by atoms with E-state index in [-0.39, 0.29) is 0 Å². The molecule has 0 aliphatic carbocycles. The lowest BCUT2D eigenvalue weighted by Gasteiger charge is -2.15. The van der Waals surface area contributed by atoms with E-state index in [0.29, 0.717) is 11.7 Å². The van der Waals surface area contributed by atoms with Crippen LogP contribution in [0.1, 0.15) is 30.9 Å². The van der Waals surface area contributed by atoms with Gasteiger partial charge in [0, 0.05) is 4.90 Å². The van der Waals surface area contributed by atoms with Gasteiger partial charge in [-0.1, -0.05) is 13.8 Å². The second-order valence-corrected chi connectivity index (χ2v) is 5.05. The number of aldehydes is 1. The predicted molar refractivity (Wildman–Crippen MR) is 68.6 cm³/mol. The number of carbonyl (C=O) groups excluding carboxylic acids is 1. The zero-order valence-electron chi connectivity index (χ0n) is 10.2. The van der Waals surface area contributed by atoms with Crippen molar-refractivity contribution in [3.05, 3.63) is 23.3 Å². The number of hydrogen-bond acceptors (Lipinski definition) is 3. The molecule has 0 aromatic heterocycles. The number of carbonyl (C=O) groups is 1. The molecule has 0 heterocycles. The van der Waals surface area contributed by atoms with Crippen molar-refractivity contribution < 1.29 is 9.53 Å². The van der Waals surface area contributed by atoms with Gasteiger partial charge in [0.05, 0.1) is 12.9 Å². The standard InChI is InChI=1S/C13H18O2S/c1-9(2)11-8-13(16-6-5-14)10(3)7-12(11)15-4/h5,7-9H,6H2,1-4H3. The Balaban J connectivity index is 3.11. The molecule has 3 heteroatoms. The highest BCUT2D eigenvalue weighted by Gasteiger charge is 2.11. The third-order valence-corrected chi connectivity index (χ3v) is 3.51. The molecule has 0 aliphatic heterocycles. The van der Waals surface area contributed by atoms with Crippen LogP contribution in [-0.2, 0) is 4.79 Å². The average molecular weight is 238 g/mol. The molecule has 2 nitrogen and oxygen atoms in total. The van der Waals surface area contributed by atoms with Gasteiger partial charge in [-0.15, -0.1) is 11.8 Å². The number of hydrogen-bond donors (Lipinski definition) is 0. The minimum atomic E-state index is 0.422. The van der Waals surface area contributed by atoms with Gasteiger partial charge in [0.25, 0.3) is 0 Å². The molecular formula is C13H18O2S. The summed E-state index contributed by atoms with van der Waals surface area (Å²) in [7, 11) is 1.69. The summed E-state index contributed by atoms with van der Waals surface area (Å²) in [4.78, 5) is 11.5. The lowest BCUT2D eigenvalue weighted by atomic mass is 10.0. The zero-order chi connectivity index (χ0) is 12.1. The molecule has 0 fully saturated rings. The maximum atomic E-state index is 10.4. The molecule has 0 bridgehead atoms. The van der Waals surface area contributed by atoms with Gasteiger partial charge in [0.2, 0.25) is 0 Å². The number of rotatable bonds is 5. The van der Waals surface area contributed by atoms with Gasteiger partial charge in [-0.05, 0) is 36.1 Å². The molecule has 1 aromatic rings. The van der Waals surface area contributed by atoms with E-state index in [1.807, 2.05) is 13.0 Å². The molecule has 1 aromatic carbocycles. The number of benzene rings is 1. The van der Waals surface area contributed by atoms with Crippen molar-refractivity contribution in [2.75, 3.05) is 12.9 Å². The van der Waals surface area contributed by atoms with Crippen LogP contribution in [0.5, 0.6) is 5.75 Å². The fourth-order valence-electron chi connectivity index (χ4n) is 1.58. The molecule has 0 aliphatic rings. The molecule has 0 unspecified atom stereocenters. The van der Waals surface area contributed by atoms with E-state index in [1.165, 1.54) is 5.56 Å².